The van der Waals surface area contributed by atoms with E-state index in [4.69, 9.17) is 15.9 Å². The summed E-state index contributed by atoms with van der Waals surface area (Å²) in [6.07, 6.45) is 2.92. The molecule has 0 aliphatic heterocycles. The predicted molar refractivity (Wildman–Crippen MR) is 70.1 cm³/mol. The number of nitrogens with zero attached hydrogens (tertiary/aromatic N) is 2. The van der Waals surface area contributed by atoms with Gasteiger partial charge < -0.3 is 10.5 Å². The molecule has 1 heterocycles. The van der Waals surface area contributed by atoms with Crippen molar-refractivity contribution < 1.29 is 13.5 Å². The molecule has 5 nitrogen and oxygen atoms in total. The fraction of sp³-hybridized carbons (Fsp3) is 0.231. The summed E-state index contributed by atoms with van der Waals surface area (Å²) < 4.78 is 34.3. The monoisotopic (exact) mass is 280 g/mol. The maximum absolute atomic E-state index is 13.8. The van der Waals surface area contributed by atoms with Crippen LogP contribution >= 0.6 is 0 Å². The zero-order valence-corrected chi connectivity index (χ0v) is 11.0. The molecule has 2 aromatic rings. The third-order valence-electron chi connectivity index (χ3n) is 2.64. The number of nitrogens with one attached hydrogen (secondary N) is 1. The van der Waals surface area contributed by atoms with Crippen LogP contribution in [0.4, 0.5) is 8.78 Å². The van der Waals surface area contributed by atoms with Crippen LogP contribution in [0.3, 0.4) is 0 Å². The average molecular weight is 280 g/mol. The van der Waals surface area contributed by atoms with Crippen LogP contribution < -0.4 is 10.5 Å². The molecule has 20 heavy (non-hydrogen) atoms. The lowest BCUT2D eigenvalue weighted by Crippen LogP contribution is -2.12. The van der Waals surface area contributed by atoms with Crippen molar-refractivity contribution >= 4 is 5.84 Å². The average Bonchev–Trinajstić information content (AvgIpc) is 2.82. The third-order valence-corrected chi connectivity index (χ3v) is 2.64. The lowest BCUT2D eigenvalue weighted by Gasteiger charge is -2.08. The molecule has 0 unspecified atom stereocenters. The van der Waals surface area contributed by atoms with Gasteiger partial charge in [0.2, 0.25) is 0 Å². The molecule has 0 atom stereocenters. The molecule has 0 amide bonds. The Labute approximate surface area is 114 Å². The molecule has 2 rings (SSSR count). The smallest absolute Gasteiger partial charge is 0.198 e. The standard InChI is InChI=1S/C13H14F2N4O/c1-7(2)19-6-9(5-18-19)20-12-10(14)3-8(13(16)17)4-11(12)15/h3-7H,1-2H3,(H3,16,17). The van der Waals surface area contributed by atoms with Crippen molar-refractivity contribution in [1.82, 2.24) is 9.78 Å². The minimum Gasteiger partial charge on any atom is -0.448 e. The Balaban J connectivity index is 2.31. The molecule has 0 radical (unpaired) electrons. The van der Waals surface area contributed by atoms with Crippen LogP contribution in [0.15, 0.2) is 24.5 Å². The number of hydrogen-bond acceptors (Lipinski definition) is 3. The second-order valence-corrected chi connectivity index (χ2v) is 4.53. The van der Waals surface area contributed by atoms with Gasteiger partial charge >= 0.3 is 0 Å². The normalized spacial score (nSPS) is 10.8. The molecule has 1 aromatic heterocycles. The summed E-state index contributed by atoms with van der Waals surface area (Å²) >= 11 is 0. The molecule has 0 fully saturated rings. The van der Waals surface area contributed by atoms with E-state index in [1.54, 1.807) is 10.9 Å². The highest BCUT2D eigenvalue weighted by Crippen LogP contribution is 2.28. The fourth-order valence-electron chi connectivity index (χ4n) is 1.59. The number of rotatable bonds is 4. The van der Waals surface area contributed by atoms with Crippen LogP contribution in [-0.2, 0) is 0 Å². The second kappa shape index (κ2) is 5.28. The summed E-state index contributed by atoms with van der Waals surface area (Å²) in [5.74, 6) is -2.58. The first-order valence-electron chi connectivity index (χ1n) is 5.94. The van der Waals surface area contributed by atoms with Gasteiger partial charge in [0.1, 0.15) is 5.84 Å². The number of nitrogen functional groups attached to an aromatic ring is 1. The number of hydrogen-bond donors (Lipinski definition) is 2. The minimum atomic E-state index is -0.924. The lowest BCUT2D eigenvalue weighted by molar-refractivity contribution is 0.406. The number of halogens is 2. The van der Waals surface area contributed by atoms with E-state index in [0.717, 1.165) is 12.1 Å². The van der Waals surface area contributed by atoms with Gasteiger partial charge in [-0.2, -0.15) is 5.10 Å². The molecule has 1 aromatic carbocycles. The van der Waals surface area contributed by atoms with Gasteiger partial charge in [0, 0.05) is 11.6 Å². The molecule has 0 saturated carbocycles. The van der Waals surface area contributed by atoms with E-state index in [2.05, 4.69) is 5.10 Å². The van der Waals surface area contributed by atoms with Crippen LogP contribution in [0, 0.1) is 17.0 Å². The third kappa shape index (κ3) is 2.76. The highest BCUT2D eigenvalue weighted by Gasteiger charge is 2.16. The zero-order chi connectivity index (χ0) is 14.9. The Morgan fingerprint density at radius 3 is 2.40 bits per heavy atom. The Hall–Kier alpha value is -2.44. The second-order valence-electron chi connectivity index (χ2n) is 4.53. The first-order valence-corrected chi connectivity index (χ1v) is 5.94. The van der Waals surface area contributed by atoms with Gasteiger partial charge in [-0.3, -0.25) is 10.1 Å². The zero-order valence-electron chi connectivity index (χ0n) is 11.0. The van der Waals surface area contributed by atoms with E-state index in [0.29, 0.717) is 0 Å². The first kappa shape index (κ1) is 14.0. The Kier molecular flexibility index (Phi) is 3.69. The van der Waals surface area contributed by atoms with Crippen molar-refractivity contribution in [3.63, 3.8) is 0 Å². The number of ether oxygens (including phenoxy) is 1. The van der Waals surface area contributed by atoms with Crippen LogP contribution in [0.25, 0.3) is 0 Å². The SMILES string of the molecule is CC(C)n1cc(Oc2c(F)cc(C(=N)N)cc2F)cn1. The molecular weight excluding hydrogens is 266 g/mol. The van der Waals surface area contributed by atoms with Gasteiger partial charge in [0.05, 0.1) is 12.4 Å². The summed E-state index contributed by atoms with van der Waals surface area (Å²) in [6.45, 7) is 3.83. The van der Waals surface area contributed by atoms with E-state index in [1.807, 2.05) is 13.8 Å². The molecule has 0 aliphatic rings. The number of amidine groups is 1. The van der Waals surface area contributed by atoms with Gasteiger partial charge in [-0.15, -0.1) is 0 Å². The highest BCUT2D eigenvalue weighted by molar-refractivity contribution is 5.95. The predicted octanol–water partition coefficient (Wildman–Crippen LogP) is 2.82. The molecular formula is C13H14F2N4O. The number of nitrogens with two attached hydrogens (primary N) is 1. The van der Waals surface area contributed by atoms with E-state index >= 15 is 0 Å². The topological polar surface area (TPSA) is 76.9 Å². The number of aromatic nitrogens is 2. The van der Waals surface area contributed by atoms with Crippen molar-refractivity contribution in [3.05, 3.63) is 41.7 Å². The molecule has 0 bridgehead atoms. The molecule has 0 saturated heterocycles. The fourth-order valence-corrected chi connectivity index (χ4v) is 1.59. The molecule has 0 aliphatic carbocycles. The van der Waals surface area contributed by atoms with Gasteiger partial charge in [-0.25, -0.2) is 8.78 Å². The highest BCUT2D eigenvalue weighted by atomic mass is 19.1. The van der Waals surface area contributed by atoms with E-state index < -0.39 is 23.2 Å². The van der Waals surface area contributed by atoms with Crippen molar-refractivity contribution in [3.8, 4) is 11.5 Å². The van der Waals surface area contributed by atoms with Crippen LogP contribution in [0.5, 0.6) is 11.5 Å². The van der Waals surface area contributed by atoms with Crippen molar-refractivity contribution in [2.45, 2.75) is 19.9 Å². The Morgan fingerprint density at radius 1 is 1.35 bits per heavy atom. The van der Waals surface area contributed by atoms with Gasteiger partial charge in [0.25, 0.3) is 0 Å². The molecule has 7 heteroatoms. The first-order chi connectivity index (χ1) is 9.38. The quantitative estimate of drug-likeness (QED) is 0.667. The summed E-state index contributed by atoms with van der Waals surface area (Å²) in [6, 6.07) is 2.02. The van der Waals surface area contributed by atoms with Gasteiger partial charge in [0.15, 0.2) is 23.1 Å². The van der Waals surface area contributed by atoms with E-state index in [9.17, 15) is 8.78 Å². The molecule has 3 N–H and O–H groups in total. The van der Waals surface area contributed by atoms with Crippen LogP contribution in [0.1, 0.15) is 25.5 Å². The maximum Gasteiger partial charge on any atom is 0.198 e. The van der Waals surface area contributed by atoms with Crippen molar-refractivity contribution in [1.29, 1.82) is 5.41 Å². The maximum atomic E-state index is 13.8. The van der Waals surface area contributed by atoms with Crippen molar-refractivity contribution in [2.75, 3.05) is 0 Å². The van der Waals surface area contributed by atoms with E-state index in [-0.39, 0.29) is 17.4 Å². The van der Waals surface area contributed by atoms with Gasteiger partial charge in [-0.05, 0) is 26.0 Å². The summed E-state index contributed by atoms with van der Waals surface area (Å²) in [5, 5.41) is 11.2. The largest absolute Gasteiger partial charge is 0.448 e. The summed E-state index contributed by atoms with van der Waals surface area (Å²) in [7, 11) is 0. The van der Waals surface area contributed by atoms with Crippen LogP contribution in [0.2, 0.25) is 0 Å². The van der Waals surface area contributed by atoms with Gasteiger partial charge in [-0.1, -0.05) is 0 Å². The number of benzene rings is 1. The van der Waals surface area contributed by atoms with E-state index in [1.165, 1.54) is 6.20 Å². The lowest BCUT2D eigenvalue weighted by atomic mass is 10.2. The Bertz CT molecular complexity index is 629. The summed E-state index contributed by atoms with van der Waals surface area (Å²) in [5.41, 5.74) is 5.15. The summed E-state index contributed by atoms with van der Waals surface area (Å²) in [4.78, 5) is 0. The van der Waals surface area contributed by atoms with Crippen molar-refractivity contribution in [2.24, 2.45) is 5.73 Å². The van der Waals surface area contributed by atoms with Crippen LogP contribution in [-0.4, -0.2) is 15.6 Å². The molecule has 106 valence electrons. The minimum absolute atomic E-state index is 0.0368. The Morgan fingerprint density at radius 2 is 1.95 bits per heavy atom. The molecule has 0 spiro atoms.